The van der Waals surface area contributed by atoms with Crippen LogP contribution in [0.15, 0.2) is 40.3 Å². The molecule has 0 amide bonds. The third-order valence-corrected chi connectivity index (χ3v) is 3.66. The number of imidazole rings is 1. The molecule has 0 saturated heterocycles. The van der Waals surface area contributed by atoms with Crippen LogP contribution in [0.5, 0.6) is 0 Å². The van der Waals surface area contributed by atoms with Crippen molar-refractivity contribution in [1.82, 2.24) is 23.7 Å². The van der Waals surface area contributed by atoms with Crippen LogP contribution in [0, 0.1) is 0 Å². The van der Waals surface area contributed by atoms with Gasteiger partial charge in [-0.05, 0) is 12.1 Å². The van der Waals surface area contributed by atoms with E-state index in [4.69, 9.17) is 4.74 Å². The molecular weight excluding hydrogens is 314 g/mol. The summed E-state index contributed by atoms with van der Waals surface area (Å²) >= 11 is 0. The van der Waals surface area contributed by atoms with Gasteiger partial charge in [-0.3, -0.25) is 13.9 Å². The maximum absolute atomic E-state index is 12.3. The van der Waals surface area contributed by atoms with Gasteiger partial charge in [-0.25, -0.2) is 19.6 Å². The first-order valence-corrected chi connectivity index (χ1v) is 7.19. The van der Waals surface area contributed by atoms with Crippen LogP contribution < -0.4 is 11.2 Å². The molecule has 0 aliphatic heterocycles. The zero-order chi connectivity index (χ0) is 17.3. The minimum atomic E-state index is -0.541. The number of rotatable bonds is 4. The van der Waals surface area contributed by atoms with Gasteiger partial charge in [-0.15, -0.1) is 0 Å². The third-order valence-electron chi connectivity index (χ3n) is 3.66. The van der Waals surface area contributed by atoms with Crippen LogP contribution in [0.1, 0.15) is 10.5 Å². The molecule has 124 valence electrons. The maximum Gasteiger partial charge on any atom is 0.356 e. The molecule has 3 rings (SSSR count). The van der Waals surface area contributed by atoms with Crippen molar-refractivity contribution >= 4 is 17.1 Å². The second kappa shape index (κ2) is 6.11. The highest BCUT2D eigenvalue weighted by atomic mass is 16.5. The highest BCUT2D eigenvalue weighted by molar-refractivity contribution is 5.87. The molecule has 0 N–H and O–H groups in total. The standard InChI is InChI=1S/C15H15N5O4/c1-18-12-11(13(21)19(2)15(18)23)20(9-17-12)7-8-24-14(22)10-5-3-4-6-16-10/h3-6,9H,7-8H2,1-2H3. The number of fused-ring (bicyclic) bond motifs is 1. The first-order valence-electron chi connectivity index (χ1n) is 7.19. The first-order chi connectivity index (χ1) is 11.5. The van der Waals surface area contributed by atoms with Gasteiger partial charge in [0, 0.05) is 20.3 Å². The fraction of sp³-hybridized carbons (Fsp3) is 0.267. The number of ether oxygens (including phenoxy) is 1. The highest BCUT2D eigenvalue weighted by Crippen LogP contribution is 2.05. The number of nitrogens with zero attached hydrogens (tertiary/aromatic N) is 5. The Kier molecular flexibility index (Phi) is 3.98. The average Bonchev–Trinajstić information content (AvgIpc) is 3.03. The largest absolute Gasteiger partial charge is 0.459 e. The van der Waals surface area contributed by atoms with E-state index in [0.717, 1.165) is 4.57 Å². The molecule has 0 saturated carbocycles. The van der Waals surface area contributed by atoms with Crippen molar-refractivity contribution in [2.75, 3.05) is 6.61 Å². The van der Waals surface area contributed by atoms with Crippen LogP contribution in [0.25, 0.3) is 11.2 Å². The van der Waals surface area contributed by atoms with Crippen LogP contribution in [0.4, 0.5) is 0 Å². The fourth-order valence-electron chi connectivity index (χ4n) is 2.36. The van der Waals surface area contributed by atoms with Gasteiger partial charge in [0.25, 0.3) is 5.56 Å². The van der Waals surface area contributed by atoms with Crippen molar-refractivity contribution in [3.8, 4) is 0 Å². The van der Waals surface area contributed by atoms with Gasteiger partial charge in [-0.1, -0.05) is 6.07 Å². The lowest BCUT2D eigenvalue weighted by Crippen LogP contribution is -2.37. The molecule has 9 heteroatoms. The van der Waals surface area contributed by atoms with Crippen molar-refractivity contribution in [3.63, 3.8) is 0 Å². The first kappa shape index (κ1) is 15.7. The van der Waals surface area contributed by atoms with Gasteiger partial charge in [0.1, 0.15) is 12.3 Å². The van der Waals surface area contributed by atoms with Gasteiger partial charge in [0.15, 0.2) is 11.2 Å². The summed E-state index contributed by atoms with van der Waals surface area (Å²) < 4.78 is 9.02. The van der Waals surface area contributed by atoms with Gasteiger partial charge in [-0.2, -0.15) is 0 Å². The predicted octanol–water partition coefficient (Wildman–Crippen LogP) is -0.314. The summed E-state index contributed by atoms with van der Waals surface area (Å²) in [6.07, 6.45) is 2.95. The predicted molar refractivity (Wildman–Crippen MR) is 84.7 cm³/mol. The average molecular weight is 329 g/mol. The summed E-state index contributed by atoms with van der Waals surface area (Å²) in [6.45, 7) is 0.287. The Morgan fingerprint density at radius 1 is 1.17 bits per heavy atom. The van der Waals surface area contributed by atoms with Gasteiger partial charge in [0.2, 0.25) is 0 Å². The lowest BCUT2D eigenvalue weighted by atomic mass is 10.3. The maximum atomic E-state index is 12.3. The molecular formula is C15H15N5O4. The molecule has 9 nitrogen and oxygen atoms in total. The monoisotopic (exact) mass is 329 g/mol. The molecule has 0 fully saturated rings. The Labute approximate surface area is 135 Å². The van der Waals surface area contributed by atoms with Crippen molar-refractivity contribution < 1.29 is 9.53 Å². The number of aryl methyl sites for hydroxylation is 1. The fourth-order valence-corrected chi connectivity index (χ4v) is 2.36. The highest BCUT2D eigenvalue weighted by Gasteiger charge is 2.14. The van der Waals surface area contributed by atoms with Crippen molar-refractivity contribution in [3.05, 3.63) is 57.3 Å². The molecule has 0 atom stereocenters. The molecule has 0 aliphatic carbocycles. The van der Waals surface area contributed by atoms with Crippen LogP contribution in [-0.2, 0) is 25.4 Å². The van der Waals surface area contributed by atoms with E-state index < -0.39 is 17.2 Å². The molecule has 0 bridgehead atoms. The minimum absolute atomic E-state index is 0.0485. The smallest absolute Gasteiger partial charge is 0.356 e. The molecule has 0 unspecified atom stereocenters. The molecule has 0 aliphatic rings. The summed E-state index contributed by atoms with van der Waals surface area (Å²) in [6, 6.07) is 4.95. The van der Waals surface area contributed by atoms with Crippen LogP contribution >= 0.6 is 0 Å². The zero-order valence-electron chi connectivity index (χ0n) is 13.2. The van der Waals surface area contributed by atoms with Crippen molar-refractivity contribution in [1.29, 1.82) is 0 Å². The summed E-state index contributed by atoms with van der Waals surface area (Å²) in [4.78, 5) is 44.0. The van der Waals surface area contributed by atoms with Gasteiger partial charge < -0.3 is 9.30 Å². The van der Waals surface area contributed by atoms with Crippen LogP contribution in [0.2, 0.25) is 0 Å². The Hall–Kier alpha value is -3.23. The van der Waals surface area contributed by atoms with E-state index in [2.05, 4.69) is 9.97 Å². The number of pyridine rings is 1. The molecule has 24 heavy (non-hydrogen) atoms. The van der Waals surface area contributed by atoms with Crippen LogP contribution in [-0.4, -0.2) is 36.2 Å². The minimum Gasteiger partial charge on any atom is -0.459 e. The Bertz CT molecular complexity index is 1020. The van der Waals surface area contributed by atoms with E-state index in [1.807, 2.05) is 0 Å². The van der Waals surface area contributed by atoms with Gasteiger partial charge in [0.05, 0.1) is 12.9 Å². The van der Waals surface area contributed by atoms with E-state index >= 15 is 0 Å². The zero-order valence-corrected chi connectivity index (χ0v) is 13.2. The second-order valence-electron chi connectivity index (χ2n) is 5.17. The molecule has 3 aromatic heterocycles. The van der Waals surface area contributed by atoms with E-state index in [1.165, 1.54) is 24.1 Å². The number of aromatic nitrogens is 5. The van der Waals surface area contributed by atoms with E-state index in [-0.39, 0.29) is 24.4 Å². The van der Waals surface area contributed by atoms with E-state index in [0.29, 0.717) is 5.65 Å². The summed E-state index contributed by atoms with van der Waals surface area (Å²) in [7, 11) is 2.95. The molecule has 3 heterocycles. The summed E-state index contributed by atoms with van der Waals surface area (Å²) in [5, 5.41) is 0. The normalized spacial score (nSPS) is 10.9. The number of carbonyl (C=O) groups is 1. The Morgan fingerprint density at radius 2 is 1.96 bits per heavy atom. The number of hydrogen-bond donors (Lipinski definition) is 0. The molecule has 0 radical (unpaired) electrons. The lowest BCUT2D eigenvalue weighted by Gasteiger charge is -2.07. The number of esters is 1. The summed E-state index contributed by atoms with van der Waals surface area (Å²) in [5.74, 6) is -0.541. The molecule has 0 spiro atoms. The third kappa shape index (κ3) is 2.60. The number of hydrogen-bond acceptors (Lipinski definition) is 6. The molecule has 3 aromatic rings. The Morgan fingerprint density at radius 3 is 2.67 bits per heavy atom. The van der Waals surface area contributed by atoms with Crippen molar-refractivity contribution in [2.45, 2.75) is 6.54 Å². The number of carbonyl (C=O) groups excluding carboxylic acids is 1. The van der Waals surface area contributed by atoms with E-state index in [9.17, 15) is 14.4 Å². The topological polar surface area (TPSA) is 101 Å². The lowest BCUT2D eigenvalue weighted by molar-refractivity contribution is 0.0485. The van der Waals surface area contributed by atoms with Crippen molar-refractivity contribution in [2.24, 2.45) is 14.1 Å². The van der Waals surface area contributed by atoms with E-state index in [1.54, 1.807) is 29.8 Å². The molecule has 0 aromatic carbocycles. The summed E-state index contributed by atoms with van der Waals surface area (Å²) in [5.41, 5.74) is -0.0973. The van der Waals surface area contributed by atoms with Crippen LogP contribution in [0.3, 0.4) is 0 Å². The SMILES string of the molecule is Cn1c(=O)c2c(ncn2CCOC(=O)c2ccccn2)n(C)c1=O. The Balaban J connectivity index is 1.81. The van der Waals surface area contributed by atoms with Gasteiger partial charge >= 0.3 is 11.7 Å². The second-order valence-corrected chi connectivity index (χ2v) is 5.17. The quantitative estimate of drug-likeness (QED) is 0.608.